The van der Waals surface area contributed by atoms with Crippen molar-refractivity contribution in [1.29, 1.82) is 0 Å². The number of carbonyl (C=O) groups excluding carboxylic acids is 2. The molecule has 0 bridgehead atoms. The van der Waals surface area contributed by atoms with Gasteiger partial charge in [0.2, 0.25) is 11.8 Å². The topological polar surface area (TPSA) is 58.6 Å². The third kappa shape index (κ3) is 8.76. The van der Waals surface area contributed by atoms with Crippen LogP contribution in [0.1, 0.15) is 45.2 Å². The van der Waals surface area contributed by atoms with E-state index in [-0.39, 0.29) is 17.6 Å². The predicted octanol–water partition coefficient (Wildman–Crippen LogP) is 5.96. The summed E-state index contributed by atoms with van der Waals surface area (Å²) >= 11 is 13.6. The molecular weight excluding hydrogens is 479 g/mol. The summed E-state index contributed by atoms with van der Waals surface area (Å²) < 4.78 is 5.32. The number of nitrogens with zero attached hydrogens (tertiary/aromatic N) is 1. The zero-order chi connectivity index (χ0) is 24.6. The highest BCUT2D eigenvalue weighted by atomic mass is 35.5. The lowest BCUT2D eigenvalue weighted by molar-refractivity contribution is -0.140. The van der Waals surface area contributed by atoms with Gasteiger partial charge in [-0.1, -0.05) is 48.3 Å². The van der Waals surface area contributed by atoms with Crippen LogP contribution in [0.3, 0.4) is 0 Å². The van der Waals surface area contributed by atoms with Gasteiger partial charge in [-0.2, -0.15) is 0 Å². The minimum atomic E-state index is -0.575. The molecule has 0 aliphatic rings. The maximum atomic E-state index is 13.3. The number of methoxy groups -OCH3 is 1. The first-order valence-electron chi connectivity index (χ1n) is 10.8. The highest BCUT2D eigenvalue weighted by molar-refractivity contribution is 7.99. The zero-order valence-electron chi connectivity index (χ0n) is 19.8. The molecule has 2 rings (SSSR count). The van der Waals surface area contributed by atoms with E-state index >= 15 is 0 Å². The first kappa shape index (κ1) is 27.4. The number of thioether (sulfide) groups is 1. The Bertz CT molecular complexity index is 963. The van der Waals surface area contributed by atoms with E-state index in [2.05, 4.69) is 5.32 Å². The molecule has 33 heavy (non-hydrogen) atoms. The Labute approximate surface area is 211 Å². The van der Waals surface area contributed by atoms with Crippen molar-refractivity contribution in [3.8, 4) is 5.75 Å². The molecule has 0 spiro atoms. The van der Waals surface area contributed by atoms with Crippen LogP contribution in [0.25, 0.3) is 0 Å². The molecule has 0 heterocycles. The van der Waals surface area contributed by atoms with Crippen molar-refractivity contribution in [1.82, 2.24) is 10.2 Å². The van der Waals surface area contributed by atoms with Crippen LogP contribution in [-0.2, 0) is 21.9 Å². The fourth-order valence-corrected chi connectivity index (χ4v) is 4.49. The highest BCUT2D eigenvalue weighted by Gasteiger charge is 2.30. The van der Waals surface area contributed by atoms with Gasteiger partial charge in [0.25, 0.3) is 0 Å². The van der Waals surface area contributed by atoms with Crippen molar-refractivity contribution in [3.63, 3.8) is 0 Å². The van der Waals surface area contributed by atoms with Gasteiger partial charge in [0.15, 0.2) is 0 Å². The lowest BCUT2D eigenvalue weighted by Crippen LogP contribution is -2.53. The average molecular weight is 512 g/mol. The number of halogens is 2. The maximum absolute atomic E-state index is 13.3. The minimum Gasteiger partial charge on any atom is -0.497 e. The zero-order valence-corrected chi connectivity index (χ0v) is 22.1. The van der Waals surface area contributed by atoms with Crippen LogP contribution in [0.5, 0.6) is 5.75 Å². The van der Waals surface area contributed by atoms with Crippen molar-refractivity contribution in [2.45, 2.75) is 58.0 Å². The second-order valence-corrected chi connectivity index (χ2v) is 10.6. The van der Waals surface area contributed by atoms with Crippen LogP contribution in [0.2, 0.25) is 10.0 Å². The Balaban J connectivity index is 2.18. The summed E-state index contributed by atoms with van der Waals surface area (Å²) in [6.45, 7) is 8.03. The Morgan fingerprint density at radius 3 is 2.42 bits per heavy atom. The third-order valence-electron chi connectivity index (χ3n) is 4.85. The molecule has 0 unspecified atom stereocenters. The molecule has 0 aromatic heterocycles. The normalized spacial score (nSPS) is 12.2. The van der Waals surface area contributed by atoms with Gasteiger partial charge in [-0.15, -0.1) is 11.8 Å². The number of benzene rings is 2. The molecule has 0 saturated heterocycles. The summed E-state index contributed by atoms with van der Waals surface area (Å²) in [6.07, 6.45) is 0.509. The summed E-state index contributed by atoms with van der Waals surface area (Å²) in [4.78, 5) is 28.0. The van der Waals surface area contributed by atoms with E-state index in [1.54, 1.807) is 24.1 Å². The quantitative estimate of drug-likeness (QED) is 0.428. The first-order chi connectivity index (χ1) is 15.5. The lowest BCUT2D eigenvalue weighted by atomic mass is 10.1. The third-order valence-corrected chi connectivity index (χ3v) is 6.58. The minimum absolute atomic E-state index is 0.0983. The molecule has 2 aromatic rings. The molecular formula is C25H32Cl2N2O3S. The van der Waals surface area contributed by atoms with E-state index in [0.29, 0.717) is 34.5 Å². The monoisotopic (exact) mass is 510 g/mol. The molecule has 1 N–H and O–H groups in total. The molecule has 1 atom stereocenters. The molecule has 5 nitrogen and oxygen atoms in total. The molecule has 0 radical (unpaired) electrons. The standard InChI is InChI=1S/C25H32Cl2N2O3S/c1-6-22(24(31)28-25(2,3)4)29(14-17-8-7-9-19(12-17)32-5)23(30)16-33-15-18-10-11-20(26)21(27)13-18/h7-13,22H,6,14-16H2,1-5H3,(H,28,31)/t22-/m0/s1. The lowest BCUT2D eigenvalue weighted by Gasteiger charge is -2.33. The van der Waals surface area contributed by atoms with Gasteiger partial charge in [0, 0.05) is 17.8 Å². The molecule has 0 aliphatic heterocycles. The van der Waals surface area contributed by atoms with Crippen LogP contribution >= 0.6 is 35.0 Å². The largest absolute Gasteiger partial charge is 0.497 e. The molecule has 8 heteroatoms. The van der Waals surface area contributed by atoms with Crippen molar-refractivity contribution < 1.29 is 14.3 Å². The second-order valence-electron chi connectivity index (χ2n) is 8.78. The van der Waals surface area contributed by atoms with Crippen LogP contribution in [0.4, 0.5) is 0 Å². The average Bonchev–Trinajstić information content (AvgIpc) is 2.75. The van der Waals surface area contributed by atoms with Crippen molar-refractivity contribution in [2.75, 3.05) is 12.9 Å². The van der Waals surface area contributed by atoms with Crippen LogP contribution < -0.4 is 10.1 Å². The number of carbonyl (C=O) groups is 2. The smallest absolute Gasteiger partial charge is 0.243 e. The summed E-state index contributed by atoms with van der Waals surface area (Å²) in [5.74, 6) is 1.31. The fraction of sp³-hybridized carbons (Fsp3) is 0.440. The molecule has 2 amide bonds. The Morgan fingerprint density at radius 2 is 1.82 bits per heavy atom. The molecule has 0 fully saturated rings. The second kappa shape index (κ2) is 12.5. The number of rotatable bonds is 10. The number of nitrogens with one attached hydrogen (secondary N) is 1. The SMILES string of the molecule is CC[C@@H](C(=O)NC(C)(C)C)N(Cc1cccc(OC)c1)C(=O)CSCc1ccc(Cl)c(Cl)c1. The van der Waals surface area contributed by atoms with E-state index in [1.807, 2.05) is 58.0 Å². The van der Waals surface area contributed by atoms with Crippen molar-refractivity contribution in [2.24, 2.45) is 0 Å². The van der Waals surface area contributed by atoms with Gasteiger partial charge in [0.1, 0.15) is 11.8 Å². The number of ether oxygens (including phenoxy) is 1. The van der Waals surface area contributed by atoms with Crippen LogP contribution in [0, 0.1) is 0 Å². The molecule has 2 aromatic carbocycles. The summed E-state index contributed by atoms with van der Waals surface area (Å²) in [6, 6.07) is 12.4. The van der Waals surface area contributed by atoms with Gasteiger partial charge in [-0.25, -0.2) is 0 Å². The van der Waals surface area contributed by atoms with E-state index in [0.717, 1.165) is 11.1 Å². The summed E-state index contributed by atoms with van der Waals surface area (Å²) in [5, 5.41) is 4.01. The number of amides is 2. The van der Waals surface area contributed by atoms with Gasteiger partial charge < -0.3 is 15.0 Å². The molecule has 180 valence electrons. The molecule has 0 saturated carbocycles. The summed E-state index contributed by atoms with van der Waals surface area (Å²) in [7, 11) is 1.60. The van der Waals surface area contributed by atoms with E-state index in [9.17, 15) is 9.59 Å². The fourth-order valence-electron chi connectivity index (χ4n) is 3.31. The van der Waals surface area contributed by atoms with E-state index in [1.165, 1.54) is 11.8 Å². The highest BCUT2D eigenvalue weighted by Crippen LogP contribution is 2.25. The number of hydrogen-bond acceptors (Lipinski definition) is 4. The predicted molar refractivity (Wildman–Crippen MR) is 138 cm³/mol. The van der Waals surface area contributed by atoms with Gasteiger partial charge >= 0.3 is 0 Å². The summed E-state index contributed by atoms with van der Waals surface area (Å²) in [5.41, 5.74) is 1.50. The van der Waals surface area contributed by atoms with Crippen molar-refractivity contribution >= 4 is 46.8 Å². The Hall–Kier alpha value is -1.89. The Morgan fingerprint density at radius 1 is 1.09 bits per heavy atom. The van der Waals surface area contributed by atoms with Gasteiger partial charge in [-0.3, -0.25) is 9.59 Å². The number of hydrogen-bond donors (Lipinski definition) is 1. The van der Waals surface area contributed by atoms with E-state index in [4.69, 9.17) is 27.9 Å². The molecule has 0 aliphatic carbocycles. The van der Waals surface area contributed by atoms with Crippen LogP contribution in [0.15, 0.2) is 42.5 Å². The van der Waals surface area contributed by atoms with Gasteiger partial charge in [-0.05, 0) is 62.6 Å². The van der Waals surface area contributed by atoms with Crippen molar-refractivity contribution in [3.05, 3.63) is 63.6 Å². The Kier molecular flexibility index (Phi) is 10.4. The van der Waals surface area contributed by atoms with E-state index < -0.39 is 11.6 Å². The first-order valence-corrected chi connectivity index (χ1v) is 12.7. The van der Waals surface area contributed by atoms with Gasteiger partial charge in [0.05, 0.1) is 22.9 Å². The maximum Gasteiger partial charge on any atom is 0.243 e. The van der Waals surface area contributed by atoms with Crippen LogP contribution in [-0.4, -0.2) is 41.2 Å².